The molecule has 0 aromatic carbocycles. The van der Waals surface area contributed by atoms with Crippen LogP contribution in [0.4, 0.5) is 5.82 Å². The first-order valence-electron chi connectivity index (χ1n) is 6.24. The van der Waals surface area contributed by atoms with Crippen LogP contribution in [-0.4, -0.2) is 16.0 Å². The molecule has 17 heavy (non-hydrogen) atoms. The number of hydrogen-bond donors (Lipinski definition) is 1. The van der Waals surface area contributed by atoms with Gasteiger partial charge in [-0.1, -0.05) is 46.2 Å². The SMILES string of the molecule is CCC(Nc1ncnc(Cl)c1C(C)C)C(C)C. The molecule has 0 fully saturated rings. The number of rotatable bonds is 5. The summed E-state index contributed by atoms with van der Waals surface area (Å²) >= 11 is 6.14. The standard InChI is InChI=1S/C13H22ClN3/c1-6-10(8(2)3)17-13-11(9(4)5)12(14)15-7-16-13/h7-10H,6H2,1-5H3,(H,15,16,17). The maximum Gasteiger partial charge on any atom is 0.138 e. The Balaban J connectivity index is 3.01. The van der Waals surface area contributed by atoms with Crippen molar-refractivity contribution in [2.24, 2.45) is 5.92 Å². The molecule has 1 heterocycles. The van der Waals surface area contributed by atoms with Crippen LogP contribution in [0.25, 0.3) is 0 Å². The quantitative estimate of drug-likeness (QED) is 0.805. The van der Waals surface area contributed by atoms with Gasteiger partial charge in [-0.2, -0.15) is 0 Å². The fourth-order valence-corrected chi connectivity index (χ4v) is 2.27. The maximum absolute atomic E-state index is 6.14. The van der Waals surface area contributed by atoms with Gasteiger partial charge in [0.15, 0.2) is 0 Å². The van der Waals surface area contributed by atoms with Gasteiger partial charge >= 0.3 is 0 Å². The Kier molecular flexibility index (Phi) is 5.19. The summed E-state index contributed by atoms with van der Waals surface area (Å²) in [5.41, 5.74) is 1.01. The summed E-state index contributed by atoms with van der Waals surface area (Å²) < 4.78 is 0. The van der Waals surface area contributed by atoms with Gasteiger partial charge in [0.1, 0.15) is 17.3 Å². The second kappa shape index (κ2) is 6.20. The average molecular weight is 256 g/mol. The van der Waals surface area contributed by atoms with E-state index in [1.54, 1.807) is 0 Å². The lowest BCUT2D eigenvalue weighted by atomic mass is 10.0. The van der Waals surface area contributed by atoms with Crippen LogP contribution in [0.5, 0.6) is 0 Å². The molecule has 0 amide bonds. The Morgan fingerprint density at radius 3 is 2.35 bits per heavy atom. The first-order chi connectivity index (χ1) is 7.97. The van der Waals surface area contributed by atoms with Crippen LogP contribution in [0.1, 0.15) is 52.5 Å². The fourth-order valence-electron chi connectivity index (χ4n) is 1.92. The molecule has 0 saturated heterocycles. The molecule has 1 N–H and O–H groups in total. The van der Waals surface area contributed by atoms with Crippen molar-refractivity contribution in [1.82, 2.24) is 9.97 Å². The van der Waals surface area contributed by atoms with E-state index < -0.39 is 0 Å². The van der Waals surface area contributed by atoms with Crippen LogP contribution >= 0.6 is 11.6 Å². The van der Waals surface area contributed by atoms with E-state index in [1.165, 1.54) is 6.33 Å². The van der Waals surface area contributed by atoms with Gasteiger partial charge in [-0.25, -0.2) is 9.97 Å². The van der Waals surface area contributed by atoms with Crippen molar-refractivity contribution in [3.05, 3.63) is 17.0 Å². The Bertz CT molecular complexity index is 364. The highest BCUT2D eigenvalue weighted by molar-refractivity contribution is 6.30. The molecule has 3 nitrogen and oxygen atoms in total. The van der Waals surface area contributed by atoms with E-state index >= 15 is 0 Å². The van der Waals surface area contributed by atoms with Gasteiger partial charge in [-0.3, -0.25) is 0 Å². The van der Waals surface area contributed by atoms with Crippen LogP contribution in [-0.2, 0) is 0 Å². The molecule has 0 aliphatic carbocycles. The number of nitrogens with zero attached hydrogens (tertiary/aromatic N) is 2. The van der Waals surface area contributed by atoms with Crippen molar-refractivity contribution in [3.63, 3.8) is 0 Å². The molecular weight excluding hydrogens is 234 g/mol. The normalized spacial score (nSPS) is 13.2. The summed E-state index contributed by atoms with van der Waals surface area (Å²) in [6, 6.07) is 0.415. The topological polar surface area (TPSA) is 37.8 Å². The highest BCUT2D eigenvalue weighted by Gasteiger charge is 2.17. The molecule has 0 aliphatic rings. The van der Waals surface area contributed by atoms with E-state index in [-0.39, 0.29) is 0 Å². The Hall–Kier alpha value is -0.830. The van der Waals surface area contributed by atoms with Crippen molar-refractivity contribution in [3.8, 4) is 0 Å². The minimum Gasteiger partial charge on any atom is -0.367 e. The van der Waals surface area contributed by atoms with Crippen LogP contribution in [0.15, 0.2) is 6.33 Å². The van der Waals surface area contributed by atoms with Crippen molar-refractivity contribution >= 4 is 17.4 Å². The summed E-state index contributed by atoms with van der Waals surface area (Å²) in [4.78, 5) is 8.38. The van der Waals surface area contributed by atoms with E-state index in [0.717, 1.165) is 17.8 Å². The zero-order valence-electron chi connectivity index (χ0n) is 11.3. The molecule has 1 aromatic rings. The highest BCUT2D eigenvalue weighted by Crippen LogP contribution is 2.29. The second-order valence-electron chi connectivity index (χ2n) is 4.98. The lowest BCUT2D eigenvalue weighted by Crippen LogP contribution is -2.26. The lowest BCUT2D eigenvalue weighted by Gasteiger charge is -2.23. The van der Waals surface area contributed by atoms with Crippen LogP contribution in [0, 0.1) is 5.92 Å². The Morgan fingerprint density at radius 1 is 1.24 bits per heavy atom. The van der Waals surface area contributed by atoms with Crippen LogP contribution in [0.3, 0.4) is 0 Å². The van der Waals surface area contributed by atoms with Crippen LogP contribution < -0.4 is 5.32 Å². The van der Waals surface area contributed by atoms with E-state index in [1.807, 2.05) is 0 Å². The van der Waals surface area contributed by atoms with E-state index in [0.29, 0.717) is 23.0 Å². The molecular formula is C13H22ClN3. The number of aromatic nitrogens is 2. The zero-order chi connectivity index (χ0) is 13.0. The number of halogens is 1. The van der Waals surface area contributed by atoms with Crippen molar-refractivity contribution in [2.45, 2.75) is 53.0 Å². The molecule has 0 saturated carbocycles. The molecule has 1 atom stereocenters. The van der Waals surface area contributed by atoms with Crippen molar-refractivity contribution in [2.75, 3.05) is 5.32 Å². The number of nitrogens with one attached hydrogen (secondary N) is 1. The first kappa shape index (κ1) is 14.2. The molecule has 0 bridgehead atoms. The molecule has 4 heteroatoms. The van der Waals surface area contributed by atoms with Crippen molar-refractivity contribution in [1.29, 1.82) is 0 Å². The highest BCUT2D eigenvalue weighted by atomic mass is 35.5. The number of anilines is 1. The predicted octanol–water partition coefficient (Wildman–Crippen LogP) is 4.10. The van der Waals surface area contributed by atoms with E-state index in [4.69, 9.17) is 11.6 Å². The van der Waals surface area contributed by atoms with Gasteiger partial charge in [0.25, 0.3) is 0 Å². The molecule has 96 valence electrons. The summed E-state index contributed by atoms with van der Waals surface area (Å²) in [6.07, 6.45) is 2.58. The van der Waals surface area contributed by atoms with Crippen molar-refractivity contribution < 1.29 is 0 Å². The summed E-state index contributed by atoms with van der Waals surface area (Å²) in [5, 5.41) is 4.04. The average Bonchev–Trinajstić information content (AvgIpc) is 2.24. The van der Waals surface area contributed by atoms with E-state index in [9.17, 15) is 0 Å². The van der Waals surface area contributed by atoms with Crippen LogP contribution in [0.2, 0.25) is 5.15 Å². The minimum atomic E-state index is 0.316. The summed E-state index contributed by atoms with van der Waals surface area (Å²) in [7, 11) is 0. The van der Waals surface area contributed by atoms with E-state index in [2.05, 4.69) is 49.9 Å². The molecule has 0 radical (unpaired) electrons. The van der Waals surface area contributed by atoms with Gasteiger partial charge in [-0.15, -0.1) is 0 Å². The van der Waals surface area contributed by atoms with Gasteiger partial charge in [0, 0.05) is 11.6 Å². The molecule has 0 aliphatic heterocycles. The molecule has 1 rings (SSSR count). The largest absolute Gasteiger partial charge is 0.367 e. The Labute approximate surface area is 109 Å². The first-order valence-corrected chi connectivity index (χ1v) is 6.62. The number of hydrogen-bond acceptors (Lipinski definition) is 3. The second-order valence-corrected chi connectivity index (χ2v) is 5.34. The fraction of sp³-hybridized carbons (Fsp3) is 0.692. The molecule has 1 unspecified atom stereocenters. The van der Waals surface area contributed by atoms with Gasteiger partial charge in [-0.05, 0) is 18.3 Å². The molecule has 0 spiro atoms. The molecule has 1 aromatic heterocycles. The summed E-state index contributed by atoms with van der Waals surface area (Å²) in [6.45, 7) is 10.8. The van der Waals surface area contributed by atoms with Gasteiger partial charge in [0.2, 0.25) is 0 Å². The maximum atomic E-state index is 6.14. The third-order valence-corrected chi connectivity index (χ3v) is 3.28. The lowest BCUT2D eigenvalue weighted by molar-refractivity contribution is 0.509. The Morgan fingerprint density at radius 2 is 1.88 bits per heavy atom. The van der Waals surface area contributed by atoms with Gasteiger partial charge < -0.3 is 5.32 Å². The third-order valence-electron chi connectivity index (χ3n) is 2.98. The summed E-state index contributed by atoms with van der Waals surface area (Å²) in [5.74, 6) is 1.75. The monoisotopic (exact) mass is 255 g/mol. The predicted molar refractivity (Wildman–Crippen MR) is 73.7 cm³/mol. The third kappa shape index (κ3) is 3.56. The zero-order valence-corrected chi connectivity index (χ0v) is 12.0. The minimum absolute atomic E-state index is 0.316. The smallest absolute Gasteiger partial charge is 0.138 e. The van der Waals surface area contributed by atoms with Gasteiger partial charge in [0.05, 0.1) is 0 Å².